The highest BCUT2D eigenvalue weighted by Gasteiger charge is 2.47. The number of ether oxygens (including phenoxy) is 1. The van der Waals surface area contributed by atoms with Crippen molar-refractivity contribution >= 4 is 40.6 Å². The lowest BCUT2D eigenvalue weighted by molar-refractivity contribution is -0.0503. The Balaban J connectivity index is 0. The van der Waals surface area contributed by atoms with Gasteiger partial charge in [-0.15, -0.1) is 0 Å². The number of hydrogen-bond acceptors (Lipinski definition) is 17. The van der Waals surface area contributed by atoms with E-state index in [-0.39, 0.29) is 41.7 Å². The zero-order valence-electron chi connectivity index (χ0n) is 18.1. The molecule has 0 saturated carbocycles. The minimum Gasteiger partial charge on any atom is -0.387 e. The maximum Gasteiger partial charge on any atom is 0.490 e. The van der Waals surface area contributed by atoms with Crippen LogP contribution in [0, 0.1) is 0 Å². The van der Waals surface area contributed by atoms with Gasteiger partial charge >= 0.3 is 23.5 Å². The summed E-state index contributed by atoms with van der Waals surface area (Å²) < 4.78 is 51.6. The lowest BCUT2D eigenvalue weighted by atomic mass is 11.1. The van der Waals surface area contributed by atoms with E-state index in [4.69, 9.17) is 25.2 Å². The normalized spacial score (nSPS) is 24.8. The average Bonchev–Trinajstić information content (AvgIpc) is 3.12. The van der Waals surface area contributed by atoms with Crippen LogP contribution in [-0.2, 0) is 31.6 Å². The molecule has 3 rings (SSSR count). The van der Waals surface area contributed by atoms with Crippen LogP contribution >= 0.6 is 23.5 Å². The number of nitrogen functional groups attached to an aromatic ring is 1. The van der Waals surface area contributed by atoms with Crippen LogP contribution in [0.4, 0.5) is 5.95 Å². The van der Waals surface area contributed by atoms with E-state index in [0.29, 0.717) is 0 Å². The van der Waals surface area contributed by atoms with E-state index in [1.165, 1.54) is 0 Å². The maximum absolute atomic E-state index is 11.9. The van der Waals surface area contributed by atoms with Gasteiger partial charge in [-0.2, -0.15) is 13.6 Å². The second-order valence-electron chi connectivity index (χ2n) is 6.21. The number of fused-ring (bicyclic) bond motifs is 1. The molecule has 26 heteroatoms. The number of nitrogens with two attached hydrogens (primary N) is 1. The summed E-state index contributed by atoms with van der Waals surface area (Å²) in [6.07, 6.45) is -5.33. The fraction of sp³-hybridized carbons (Fsp3) is 0.500. The zero-order chi connectivity index (χ0) is 24.1. The van der Waals surface area contributed by atoms with Crippen LogP contribution in [-0.4, -0.2) is 74.2 Å². The van der Waals surface area contributed by atoms with Crippen LogP contribution in [0.2, 0.25) is 0 Å². The van der Waals surface area contributed by atoms with Crippen molar-refractivity contribution in [2.45, 2.75) is 24.5 Å². The number of aliphatic hydroxyl groups is 2. The second-order valence-corrected chi connectivity index (χ2v) is 10.6. The highest BCUT2D eigenvalue weighted by Crippen LogP contribution is 2.66. The van der Waals surface area contributed by atoms with Gasteiger partial charge in [-0.1, -0.05) is 0 Å². The molecule has 36 heavy (non-hydrogen) atoms. The first kappa shape index (κ1) is 36.4. The van der Waals surface area contributed by atoms with Crippen LogP contribution in [0.3, 0.4) is 0 Å². The van der Waals surface area contributed by atoms with Gasteiger partial charge in [-0.25, -0.2) is 18.7 Å². The van der Waals surface area contributed by atoms with Crippen LogP contribution < -0.4 is 35.9 Å². The van der Waals surface area contributed by atoms with E-state index in [9.17, 15) is 33.6 Å². The number of aromatic amines is 1. The zero-order valence-corrected chi connectivity index (χ0v) is 20.8. The van der Waals surface area contributed by atoms with Crippen LogP contribution in [0.5, 0.6) is 0 Å². The van der Waals surface area contributed by atoms with Crippen molar-refractivity contribution in [3.05, 3.63) is 16.7 Å². The lowest BCUT2D eigenvalue weighted by Crippen LogP contribution is -2.33. The Bertz CT molecular complexity index is 1220. The fourth-order valence-electron chi connectivity index (χ4n) is 2.70. The maximum atomic E-state index is 11.9. The highest BCUT2D eigenvalue weighted by atomic mass is 31.3. The Kier molecular flexibility index (Phi) is 12.8. The van der Waals surface area contributed by atoms with Gasteiger partial charge in [0.2, 0.25) is 5.95 Å². The molecule has 0 spiro atoms. The van der Waals surface area contributed by atoms with Crippen LogP contribution in [0.25, 0.3) is 11.2 Å². The predicted molar refractivity (Wildman–Crippen MR) is 118 cm³/mol. The predicted octanol–water partition coefficient (Wildman–Crippen LogP) is -1.69. The van der Waals surface area contributed by atoms with Gasteiger partial charge in [0.1, 0.15) is 18.3 Å². The lowest BCUT2D eigenvalue weighted by Gasteiger charge is -2.19. The van der Waals surface area contributed by atoms with Crippen molar-refractivity contribution in [2.75, 3.05) is 12.3 Å². The van der Waals surface area contributed by atoms with Gasteiger partial charge in [0.05, 0.1) is 12.9 Å². The van der Waals surface area contributed by atoms with Crippen molar-refractivity contribution in [3.8, 4) is 0 Å². The summed E-state index contributed by atoms with van der Waals surface area (Å²) in [7, 11) is -16.8. The summed E-state index contributed by atoms with van der Waals surface area (Å²) in [5, 5.41) is 20.4. The number of anilines is 1. The number of aliphatic hydroxyl groups excluding tert-OH is 2. The first-order valence-corrected chi connectivity index (χ1v) is 12.6. The molecule has 3 heterocycles. The third-order valence-corrected chi connectivity index (χ3v) is 7.68. The van der Waals surface area contributed by atoms with Gasteiger partial charge in [0, 0.05) is 0 Å². The van der Waals surface area contributed by atoms with Crippen LogP contribution in [0.15, 0.2) is 11.1 Å². The second kappa shape index (κ2) is 12.7. The number of imidazole rings is 1. The van der Waals surface area contributed by atoms with Gasteiger partial charge in [0.15, 0.2) is 17.4 Å². The van der Waals surface area contributed by atoms with Crippen LogP contribution in [0.1, 0.15) is 6.23 Å². The summed E-state index contributed by atoms with van der Waals surface area (Å²) >= 11 is 0. The summed E-state index contributed by atoms with van der Waals surface area (Å²) in [6, 6.07) is 0. The number of phosphoric acid groups is 3. The SMILES string of the molecule is N.N.N.N.[15NH2][13c]1[15n][13c]2[13c]([15n][13cH][15n]2[13C@@H]2O[13C@H]([13CH2]OP(=O)(O)OP(=O)(O)OP(=O)(O)O)[13CH](O)[13C@@H]2O)[13c](=O)[15nH]1. The molecule has 2 aromatic heterocycles. The number of nitrogens with one attached hydrogen (secondary N) is 1. The molecule has 0 radical (unpaired) electrons. The summed E-state index contributed by atoms with van der Waals surface area (Å²) in [4.78, 5) is 57.3. The molecule has 1 saturated heterocycles. The summed E-state index contributed by atoms with van der Waals surface area (Å²) in [5.74, 6) is -0.276. The standard InChI is InChI=1S/C10H16N5O14P3.4H3N/c11-10-13-7-4(8(18)14-10)12-2-15(7)9-6(17)5(16)3(27-9)1-26-31(22,23)29-32(24,25)28-30(19,20)21;;;;/h2-3,5-6,9,16-17H,1H2,(H,22,23)(H,24,25)(H2,19,20,21)(H3,11,13,14,18);4*1H3/t3-,5?,6+,9-;;;;/m1..../s1/i1+1,2+1,3+1,4+1,5+1,6+1,7+1,8+1,9+1,10+1,11+1,12+1,13+1,14+1,15+1;;;;. The Morgan fingerprint density at radius 2 is 1.61 bits per heavy atom. The molecule has 0 amide bonds. The molecule has 23 nitrogen and oxygen atoms in total. The Hall–Kier alpha value is -1.72. The number of rotatable bonds is 8. The molecule has 0 aliphatic carbocycles. The largest absolute Gasteiger partial charge is 0.490 e. The molecule has 2 aromatic rings. The third kappa shape index (κ3) is 8.41. The number of phosphoric ester groups is 1. The topological polar surface area (TPSA) is 439 Å². The van der Waals surface area contributed by atoms with E-state index in [1.807, 2.05) is 0 Å². The number of hydrogen-bond donors (Lipinski definition) is 12. The van der Waals surface area contributed by atoms with Crippen molar-refractivity contribution in [1.82, 2.24) is 44.1 Å². The van der Waals surface area contributed by atoms with E-state index in [0.717, 1.165) is 10.9 Å². The minimum absolute atomic E-state index is 0. The molecule has 6 atom stereocenters. The van der Waals surface area contributed by atoms with E-state index in [1.54, 1.807) is 0 Å². The summed E-state index contributed by atoms with van der Waals surface area (Å²) in [6.45, 7) is -1.01. The van der Waals surface area contributed by atoms with Gasteiger partial charge in [-0.3, -0.25) is 18.9 Å². The number of aromatic nitrogens is 4. The highest BCUT2D eigenvalue weighted by molar-refractivity contribution is 7.66. The third-order valence-electron chi connectivity index (χ3n) is 3.88. The monoisotopic (exact) mass is 606 g/mol. The fourth-order valence-corrected chi connectivity index (χ4v) is 5.73. The van der Waals surface area contributed by atoms with Gasteiger partial charge in [-0.05, 0) is 0 Å². The Morgan fingerprint density at radius 1 is 1.03 bits per heavy atom. The Labute approximate surface area is 200 Å². The molecule has 21 N–H and O–H groups in total. The summed E-state index contributed by atoms with van der Waals surface area (Å²) in [5.41, 5.74) is 4.50. The Morgan fingerprint density at radius 3 is 2.17 bits per heavy atom. The minimum atomic E-state index is -5.73. The molecular weight excluding hydrogens is 578 g/mol. The quantitative estimate of drug-likeness (QED) is 0.0905. The number of H-pyrrole nitrogens is 1. The molecule has 0 aromatic carbocycles. The molecule has 1 aliphatic heterocycles. The molecule has 1 fully saturated rings. The van der Waals surface area contributed by atoms with Crippen molar-refractivity contribution in [1.29, 1.82) is 0 Å². The van der Waals surface area contributed by atoms with Crippen molar-refractivity contribution in [2.24, 2.45) is 0 Å². The molecule has 1 aliphatic rings. The number of nitrogens with zero attached hydrogens (tertiary/aromatic N) is 3. The first-order chi connectivity index (χ1) is 14.6. The molecule has 3 unspecified atom stereocenters. The van der Waals surface area contributed by atoms with E-state index >= 15 is 0 Å². The molecular formula is C10H28N9O14P3. The smallest absolute Gasteiger partial charge is 0.387 e. The van der Waals surface area contributed by atoms with Crippen molar-refractivity contribution < 1.29 is 61.4 Å². The molecule has 212 valence electrons. The van der Waals surface area contributed by atoms with Crippen molar-refractivity contribution in [3.63, 3.8) is 0 Å². The van der Waals surface area contributed by atoms with Gasteiger partial charge in [0.25, 0.3) is 5.56 Å². The van der Waals surface area contributed by atoms with E-state index in [2.05, 4.69) is 28.1 Å². The van der Waals surface area contributed by atoms with Gasteiger partial charge < -0.3 is 64.9 Å². The van der Waals surface area contributed by atoms with E-state index < -0.39 is 60.2 Å². The average molecular weight is 606 g/mol. The first-order valence-electron chi connectivity index (χ1n) is 8.11. The molecule has 0 bridgehead atoms.